The van der Waals surface area contributed by atoms with Gasteiger partial charge in [0, 0.05) is 6.20 Å². The zero-order valence-corrected chi connectivity index (χ0v) is 5.62. The molecule has 0 unspecified atom stereocenters. The highest BCUT2D eigenvalue weighted by Gasteiger charge is 1.94. The third-order valence-electron chi connectivity index (χ3n) is 1.21. The molecule has 0 bridgehead atoms. The van der Waals surface area contributed by atoms with Crippen molar-refractivity contribution in [1.29, 1.82) is 0 Å². The fourth-order valence-corrected chi connectivity index (χ4v) is 0.742. The minimum absolute atomic E-state index is 0.671. The Morgan fingerprint density at radius 2 is 2.36 bits per heavy atom. The van der Waals surface area contributed by atoms with Gasteiger partial charge in [-0.05, 0) is 12.1 Å². The molecule has 0 fully saturated rings. The van der Waals surface area contributed by atoms with Crippen LogP contribution in [0, 0.1) is 0 Å². The van der Waals surface area contributed by atoms with E-state index in [9.17, 15) is 0 Å². The molecule has 0 spiro atoms. The van der Waals surface area contributed by atoms with E-state index >= 15 is 0 Å². The zero-order valence-electron chi connectivity index (χ0n) is 5.62. The van der Waals surface area contributed by atoms with Crippen molar-refractivity contribution < 1.29 is 0 Å². The molecular weight excluding hydrogens is 142 g/mol. The van der Waals surface area contributed by atoms with Crippen LogP contribution in [0.4, 0.5) is 0 Å². The molecule has 0 aliphatic heterocycles. The van der Waals surface area contributed by atoms with Crippen molar-refractivity contribution in [3.8, 4) is 5.82 Å². The van der Waals surface area contributed by atoms with Crippen LogP contribution in [-0.2, 0) is 0 Å². The van der Waals surface area contributed by atoms with E-state index in [0.717, 1.165) is 0 Å². The molecule has 2 rings (SSSR count). The first-order valence-corrected chi connectivity index (χ1v) is 3.09. The molecule has 0 radical (unpaired) electrons. The Labute approximate surface area is 62.7 Å². The van der Waals surface area contributed by atoms with E-state index in [2.05, 4.69) is 20.3 Å². The molecule has 5 heteroatoms. The van der Waals surface area contributed by atoms with Gasteiger partial charge in [0.2, 0.25) is 0 Å². The highest BCUT2D eigenvalue weighted by Crippen LogP contribution is 1.95. The molecule has 0 aliphatic carbocycles. The first-order valence-electron chi connectivity index (χ1n) is 3.09. The maximum absolute atomic E-state index is 3.89. The van der Waals surface area contributed by atoms with E-state index in [1.165, 1.54) is 6.33 Å². The van der Waals surface area contributed by atoms with E-state index in [1.54, 1.807) is 23.3 Å². The standard InChI is InChI=1S/C6H5N5/c1-2-6(10-8-3-1)11-5-7-4-9-11/h1-5H. The van der Waals surface area contributed by atoms with Gasteiger partial charge in [-0.25, -0.2) is 9.67 Å². The zero-order chi connectivity index (χ0) is 7.52. The summed E-state index contributed by atoms with van der Waals surface area (Å²) in [6, 6.07) is 3.60. The molecule has 2 aromatic rings. The minimum atomic E-state index is 0.671. The van der Waals surface area contributed by atoms with Crippen molar-refractivity contribution >= 4 is 0 Å². The van der Waals surface area contributed by atoms with Gasteiger partial charge in [-0.3, -0.25) is 0 Å². The van der Waals surface area contributed by atoms with E-state index < -0.39 is 0 Å². The van der Waals surface area contributed by atoms with Gasteiger partial charge in [0.1, 0.15) is 12.7 Å². The summed E-state index contributed by atoms with van der Waals surface area (Å²) in [6.45, 7) is 0. The predicted octanol–water partition coefficient (Wildman–Crippen LogP) is 0.0573. The molecule has 0 aliphatic rings. The van der Waals surface area contributed by atoms with Crippen LogP contribution in [0.25, 0.3) is 5.82 Å². The molecule has 2 aromatic heterocycles. The molecule has 0 aromatic carbocycles. The molecule has 0 atom stereocenters. The normalized spacial score (nSPS) is 9.82. The second-order valence-electron chi connectivity index (χ2n) is 1.92. The summed E-state index contributed by atoms with van der Waals surface area (Å²) < 4.78 is 1.55. The van der Waals surface area contributed by atoms with Gasteiger partial charge >= 0.3 is 0 Å². The van der Waals surface area contributed by atoms with E-state index in [0.29, 0.717) is 5.82 Å². The molecule has 0 N–H and O–H groups in total. The first kappa shape index (κ1) is 5.96. The van der Waals surface area contributed by atoms with Gasteiger partial charge in [-0.2, -0.15) is 10.2 Å². The molecule has 0 saturated heterocycles. The van der Waals surface area contributed by atoms with Gasteiger partial charge in [-0.15, -0.1) is 5.10 Å². The molecule has 5 nitrogen and oxygen atoms in total. The minimum Gasteiger partial charge on any atom is -0.223 e. The molecule has 11 heavy (non-hydrogen) atoms. The topological polar surface area (TPSA) is 56.5 Å². The smallest absolute Gasteiger partial charge is 0.177 e. The molecule has 0 amide bonds. The van der Waals surface area contributed by atoms with Gasteiger partial charge in [0.15, 0.2) is 5.82 Å². The second kappa shape index (κ2) is 2.45. The monoisotopic (exact) mass is 147 g/mol. The highest BCUT2D eigenvalue weighted by molar-refractivity contribution is 5.15. The maximum Gasteiger partial charge on any atom is 0.177 e. The van der Waals surface area contributed by atoms with Crippen LogP contribution in [0.5, 0.6) is 0 Å². The largest absolute Gasteiger partial charge is 0.223 e. The van der Waals surface area contributed by atoms with Crippen molar-refractivity contribution in [3.63, 3.8) is 0 Å². The third-order valence-corrected chi connectivity index (χ3v) is 1.21. The summed E-state index contributed by atoms with van der Waals surface area (Å²) in [5.41, 5.74) is 0. The van der Waals surface area contributed by atoms with Crippen LogP contribution in [0.1, 0.15) is 0 Å². The number of nitrogens with zero attached hydrogens (tertiary/aromatic N) is 5. The lowest BCUT2D eigenvalue weighted by Crippen LogP contribution is -1.97. The van der Waals surface area contributed by atoms with Crippen LogP contribution in [0.2, 0.25) is 0 Å². The Kier molecular flexibility index (Phi) is 1.33. The lowest BCUT2D eigenvalue weighted by molar-refractivity contribution is 0.813. The van der Waals surface area contributed by atoms with Crippen molar-refractivity contribution in [2.45, 2.75) is 0 Å². The van der Waals surface area contributed by atoms with Crippen molar-refractivity contribution in [2.75, 3.05) is 0 Å². The lowest BCUT2D eigenvalue weighted by atomic mass is 10.5. The molecular formula is C6H5N5. The van der Waals surface area contributed by atoms with Crippen LogP contribution in [-0.4, -0.2) is 25.0 Å². The van der Waals surface area contributed by atoms with Crippen LogP contribution < -0.4 is 0 Å². The number of hydrogen-bond donors (Lipinski definition) is 0. The first-order chi connectivity index (χ1) is 5.47. The summed E-state index contributed by atoms with van der Waals surface area (Å²) in [6.07, 6.45) is 4.64. The van der Waals surface area contributed by atoms with E-state index in [1.807, 2.05) is 6.07 Å². The average molecular weight is 147 g/mol. The fraction of sp³-hybridized carbons (Fsp3) is 0. The Bertz CT molecular complexity index is 314. The average Bonchev–Trinajstić information content (AvgIpc) is 2.58. The number of hydrogen-bond acceptors (Lipinski definition) is 4. The van der Waals surface area contributed by atoms with Crippen LogP contribution in [0.3, 0.4) is 0 Å². The SMILES string of the molecule is c1cnnc(-n2cncn2)c1. The third kappa shape index (κ3) is 1.07. The number of rotatable bonds is 1. The molecule has 54 valence electrons. The highest BCUT2D eigenvalue weighted by atomic mass is 15.4. The molecule has 2 heterocycles. The molecule has 0 saturated carbocycles. The Morgan fingerprint density at radius 1 is 1.36 bits per heavy atom. The van der Waals surface area contributed by atoms with Gasteiger partial charge in [-0.1, -0.05) is 0 Å². The fourth-order valence-electron chi connectivity index (χ4n) is 0.742. The van der Waals surface area contributed by atoms with E-state index in [-0.39, 0.29) is 0 Å². The Hall–Kier alpha value is -1.78. The summed E-state index contributed by atoms with van der Waals surface area (Å²) >= 11 is 0. The summed E-state index contributed by atoms with van der Waals surface area (Å²) in [5, 5.41) is 11.4. The Morgan fingerprint density at radius 3 is 3.00 bits per heavy atom. The van der Waals surface area contributed by atoms with Crippen molar-refractivity contribution in [2.24, 2.45) is 0 Å². The van der Waals surface area contributed by atoms with Crippen molar-refractivity contribution in [1.82, 2.24) is 25.0 Å². The predicted molar refractivity (Wildman–Crippen MR) is 36.9 cm³/mol. The maximum atomic E-state index is 3.89. The van der Waals surface area contributed by atoms with Crippen molar-refractivity contribution in [3.05, 3.63) is 31.0 Å². The second-order valence-corrected chi connectivity index (χ2v) is 1.92. The van der Waals surface area contributed by atoms with Gasteiger partial charge in [0.05, 0.1) is 0 Å². The van der Waals surface area contributed by atoms with Crippen LogP contribution >= 0.6 is 0 Å². The van der Waals surface area contributed by atoms with Gasteiger partial charge < -0.3 is 0 Å². The number of aromatic nitrogens is 5. The lowest BCUT2D eigenvalue weighted by Gasteiger charge is -1.93. The summed E-state index contributed by atoms with van der Waals surface area (Å²) in [5.74, 6) is 0.671. The Balaban J connectivity index is 2.46. The summed E-state index contributed by atoms with van der Waals surface area (Å²) in [4.78, 5) is 3.78. The van der Waals surface area contributed by atoms with Gasteiger partial charge in [0.25, 0.3) is 0 Å². The quantitative estimate of drug-likeness (QED) is 0.572. The summed E-state index contributed by atoms with van der Waals surface area (Å²) in [7, 11) is 0. The van der Waals surface area contributed by atoms with Crippen LogP contribution in [0.15, 0.2) is 31.0 Å². The van der Waals surface area contributed by atoms with E-state index in [4.69, 9.17) is 0 Å².